The first kappa shape index (κ1) is 66.4. The van der Waals surface area contributed by atoms with Gasteiger partial charge in [0.05, 0.1) is 25.6 Å². The molecule has 0 fully saturated rings. The van der Waals surface area contributed by atoms with Crippen molar-refractivity contribution in [1.29, 1.82) is 0 Å². The summed E-state index contributed by atoms with van der Waals surface area (Å²) in [6.07, 6.45) is 0.885. The number of carbonyl (C=O) groups is 10. The molecule has 450 valence electrons. The lowest BCUT2D eigenvalue weighted by molar-refractivity contribution is -0.145. The summed E-state index contributed by atoms with van der Waals surface area (Å²) in [5.41, 5.74) is 19.9. The third kappa shape index (κ3) is 22.0. The molecule has 0 aliphatic heterocycles. The molecule has 83 heavy (non-hydrogen) atoms. The number of H-pyrrole nitrogens is 1. The maximum Gasteiger partial charge on any atom is 0.326 e. The normalized spacial score (nSPS) is 14.3. The Kier molecular flexibility index (Phi) is 26.4. The number of nitrogens with two attached hydrogens (primary N) is 3. The first-order valence-corrected chi connectivity index (χ1v) is 27.0. The van der Waals surface area contributed by atoms with Crippen LogP contribution < -0.4 is 59.7 Å². The zero-order valence-electron chi connectivity index (χ0n) is 46.7. The number of amides is 8. The molecule has 1 aromatic heterocycles. The van der Waals surface area contributed by atoms with Crippen molar-refractivity contribution in [2.24, 2.45) is 34.0 Å². The number of hydrogen-bond acceptors (Lipinski definition) is 14. The van der Waals surface area contributed by atoms with Gasteiger partial charge in [-0.1, -0.05) is 94.8 Å². The number of aliphatic hydroxyl groups excluding tert-OH is 1. The zero-order valence-corrected chi connectivity index (χ0v) is 46.7. The van der Waals surface area contributed by atoms with Crippen molar-refractivity contribution in [2.75, 3.05) is 19.7 Å². The summed E-state index contributed by atoms with van der Waals surface area (Å²) < 4.78 is 0. The SMILES string of the molecule is CC[C@H](C)[C@H](NC(=O)[C@H](CC(=O)O)NC(=O)[C@H](Cc1ccccc1)NC(=O)[C@H](CO)NC(=O)[C@H](CC(C)C)NC(=O)CNC(=O)[C@H](CCCN=C(N)N)NC(=O)[C@H](Cc1c[nH]c2ccccc12)NC(=O)[C@@H](N)Cc1ccc(O)cc1)C(=O)O. The van der Waals surface area contributed by atoms with Gasteiger partial charge in [0.15, 0.2) is 5.96 Å². The Balaban J connectivity index is 1.50. The second-order valence-corrected chi connectivity index (χ2v) is 20.4. The Morgan fingerprint density at radius 2 is 1.17 bits per heavy atom. The van der Waals surface area contributed by atoms with E-state index in [2.05, 4.69) is 52.5 Å². The van der Waals surface area contributed by atoms with E-state index in [1.54, 1.807) is 82.4 Å². The van der Waals surface area contributed by atoms with Crippen LogP contribution in [0.2, 0.25) is 0 Å². The molecule has 0 radical (unpaired) electrons. The van der Waals surface area contributed by atoms with E-state index in [0.29, 0.717) is 23.1 Å². The highest BCUT2D eigenvalue weighted by molar-refractivity contribution is 5.98. The number of phenols is 1. The number of hydrogen-bond donors (Lipinski definition) is 16. The number of carboxylic acids is 2. The van der Waals surface area contributed by atoms with Crippen LogP contribution >= 0.6 is 0 Å². The molecule has 8 amide bonds. The molecule has 9 atom stereocenters. The Morgan fingerprint density at radius 1 is 0.614 bits per heavy atom. The van der Waals surface area contributed by atoms with Gasteiger partial charge >= 0.3 is 11.9 Å². The quantitative estimate of drug-likeness (QED) is 0.0143. The predicted octanol–water partition coefficient (Wildman–Crippen LogP) is -1.56. The van der Waals surface area contributed by atoms with Crippen molar-refractivity contribution in [1.82, 2.24) is 47.5 Å². The number of benzene rings is 3. The van der Waals surface area contributed by atoms with Crippen LogP contribution in [0, 0.1) is 11.8 Å². The number of phenolic OH excluding ortho intramolecular Hbond substituents is 1. The van der Waals surface area contributed by atoms with Gasteiger partial charge in [-0.2, -0.15) is 0 Å². The number of rotatable bonds is 34. The molecule has 4 aromatic rings. The van der Waals surface area contributed by atoms with Crippen LogP contribution in [0.5, 0.6) is 5.75 Å². The third-order valence-electron chi connectivity index (χ3n) is 13.3. The van der Waals surface area contributed by atoms with Gasteiger partial charge < -0.3 is 85.1 Å². The molecule has 0 aliphatic rings. The standard InChI is InChI=1S/C56H77N13O14/c1-5-31(4)47(55(82)83)69-53(80)43(26-46(73)74)67-51(78)41(24-32-12-7-6-8-13-32)66-54(81)44(29-70)68-50(77)40(22-30(2)3)63-45(72)28-62-49(76)39(16-11-21-60-56(58)59)64-52(79)42(25-34-27-61-38-15-10-9-14-36(34)38)65-48(75)37(57)23-33-17-19-35(71)20-18-33/h6-10,12-15,17-20,27,30-31,37,39-44,47,61,70-71H,5,11,16,21-26,28-29,57H2,1-4H3,(H,62,76)(H,63,72)(H,64,79)(H,65,75)(H,66,81)(H,67,78)(H,68,77)(H,69,80)(H,73,74)(H,82,83)(H4,58,59,60)/t31-,37-,39-,40-,41-,42-,43-,44-,47-/m0/s1. The molecule has 19 N–H and O–H groups in total. The van der Waals surface area contributed by atoms with E-state index in [-0.39, 0.29) is 62.7 Å². The lowest BCUT2D eigenvalue weighted by Gasteiger charge is -2.27. The van der Waals surface area contributed by atoms with Crippen LogP contribution in [-0.4, -0.2) is 159 Å². The number of aliphatic imine (C=N–C) groups is 1. The summed E-state index contributed by atoms with van der Waals surface area (Å²) in [5, 5.41) is 60.1. The first-order chi connectivity index (χ1) is 39.4. The Hall–Kier alpha value is -9.11. The van der Waals surface area contributed by atoms with E-state index in [9.17, 15) is 68.4 Å². The number of carboxylic acid groups (broad SMARTS) is 2. The molecule has 0 unspecified atom stereocenters. The molecule has 0 spiro atoms. The van der Waals surface area contributed by atoms with Crippen molar-refractivity contribution < 1.29 is 68.4 Å². The lowest BCUT2D eigenvalue weighted by atomic mass is 9.98. The fraction of sp³-hybridized carbons (Fsp3) is 0.446. The summed E-state index contributed by atoms with van der Waals surface area (Å²) in [6, 6.07) is 9.85. The number of aliphatic carboxylic acids is 2. The van der Waals surface area contributed by atoms with Crippen LogP contribution in [0.25, 0.3) is 10.9 Å². The molecule has 27 heteroatoms. The van der Waals surface area contributed by atoms with E-state index in [1.807, 2.05) is 18.2 Å². The van der Waals surface area contributed by atoms with E-state index in [4.69, 9.17) is 17.2 Å². The van der Waals surface area contributed by atoms with Gasteiger partial charge in [-0.15, -0.1) is 0 Å². The zero-order chi connectivity index (χ0) is 61.3. The van der Waals surface area contributed by atoms with Gasteiger partial charge in [0.2, 0.25) is 47.3 Å². The van der Waals surface area contributed by atoms with Crippen molar-refractivity contribution in [2.45, 2.75) is 127 Å². The van der Waals surface area contributed by atoms with Gasteiger partial charge in [0.25, 0.3) is 0 Å². The second-order valence-electron chi connectivity index (χ2n) is 20.4. The van der Waals surface area contributed by atoms with Gasteiger partial charge in [-0.25, -0.2) is 4.79 Å². The van der Waals surface area contributed by atoms with Crippen molar-refractivity contribution >= 4 is 76.1 Å². The van der Waals surface area contributed by atoms with Crippen LogP contribution in [0.1, 0.15) is 76.5 Å². The largest absolute Gasteiger partial charge is 0.508 e. The molecular weight excluding hydrogens is 1080 g/mol. The number of nitrogens with one attached hydrogen (secondary N) is 9. The second kappa shape index (κ2) is 33.0. The number of aromatic hydroxyl groups is 1. The molecule has 1 heterocycles. The lowest BCUT2D eigenvalue weighted by Crippen LogP contribution is -2.60. The van der Waals surface area contributed by atoms with E-state index < -0.39 is 133 Å². The van der Waals surface area contributed by atoms with Crippen molar-refractivity contribution in [3.8, 4) is 5.75 Å². The van der Waals surface area contributed by atoms with Crippen molar-refractivity contribution in [3.05, 3.63) is 102 Å². The number of carbonyl (C=O) groups excluding carboxylic acids is 8. The molecule has 27 nitrogen and oxygen atoms in total. The molecule has 4 rings (SSSR count). The maximum absolute atomic E-state index is 14.3. The summed E-state index contributed by atoms with van der Waals surface area (Å²) in [6.45, 7) is 4.99. The van der Waals surface area contributed by atoms with Gasteiger partial charge in [0, 0.05) is 36.5 Å². The highest BCUT2D eigenvalue weighted by Gasteiger charge is 2.35. The fourth-order valence-corrected chi connectivity index (χ4v) is 8.66. The highest BCUT2D eigenvalue weighted by Crippen LogP contribution is 2.20. The predicted molar refractivity (Wildman–Crippen MR) is 304 cm³/mol. The Labute approximate surface area is 479 Å². The molecule has 3 aromatic carbocycles. The number of aromatic nitrogens is 1. The maximum atomic E-state index is 14.3. The highest BCUT2D eigenvalue weighted by atomic mass is 16.4. The number of aromatic amines is 1. The van der Waals surface area contributed by atoms with Gasteiger partial charge in [-0.05, 0) is 72.4 Å². The average Bonchev–Trinajstić information content (AvgIpc) is 4.10. The van der Waals surface area contributed by atoms with Gasteiger partial charge in [0.1, 0.15) is 48.0 Å². The third-order valence-corrected chi connectivity index (χ3v) is 13.3. The van der Waals surface area contributed by atoms with Crippen LogP contribution in [-0.2, 0) is 67.2 Å². The summed E-state index contributed by atoms with van der Waals surface area (Å²) in [5.74, 6) is -11.4. The molecular formula is C56H77N13O14. The number of nitrogens with zero attached hydrogens (tertiary/aromatic N) is 1. The molecule has 0 aliphatic carbocycles. The molecule has 0 bridgehead atoms. The Bertz CT molecular complexity index is 2900. The number of fused-ring (bicyclic) bond motifs is 1. The molecule has 0 saturated heterocycles. The molecule has 0 saturated carbocycles. The van der Waals surface area contributed by atoms with Crippen LogP contribution in [0.15, 0.2) is 90.1 Å². The average molecular weight is 1160 g/mol. The van der Waals surface area contributed by atoms with Crippen molar-refractivity contribution in [3.63, 3.8) is 0 Å². The first-order valence-electron chi connectivity index (χ1n) is 27.0. The topological polar surface area (TPSA) is 454 Å². The van der Waals surface area contributed by atoms with E-state index in [1.165, 1.54) is 12.1 Å². The van der Waals surface area contributed by atoms with Crippen LogP contribution in [0.4, 0.5) is 0 Å². The summed E-state index contributed by atoms with van der Waals surface area (Å²) in [4.78, 5) is 141. The Morgan fingerprint density at radius 3 is 1.78 bits per heavy atom. The fourth-order valence-electron chi connectivity index (χ4n) is 8.66. The number of aliphatic hydroxyl groups is 1. The minimum atomic E-state index is -1.80. The summed E-state index contributed by atoms with van der Waals surface area (Å²) >= 11 is 0. The van der Waals surface area contributed by atoms with Gasteiger partial charge in [-0.3, -0.25) is 48.1 Å². The minimum Gasteiger partial charge on any atom is -0.508 e. The number of para-hydroxylation sites is 1. The smallest absolute Gasteiger partial charge is 0.326 e. The van der Waals surface area contributed by atoms with E-state index in [0.717, 1.165) is 10.9 Å². The summed E-state index contributed by atoms with van der Waals surface area (Å²) in [7, 11) is 0. The van der Waals surface area contributed by atoms with Crippen LogP contribution in [0.3, 0.4) is 0 Å². The monoisotopic (exact) mass is 1160 g/mol. The van der Waals surface area contributed by atoms with E-state index >= 15 is 0 Å². The number of guanidine groups is 1. The minimum absolute atomic E-state index is 0.0181.